The summed E-state index contributed by atoms with van der Waals surface area (Å²) < 4.78 is 5.95. The van der Waals surface area contributed by atoms with E-state index in [1.165, 1.54) is 6.33 Å². The van der Waals surface area contributed by atoms with E-state index in [0.717, 1.165) is 32.4 Å². The molecule has 5 nitrogen and oxygen atoms in total. The summed E-state index contributed by atoms with van der Waals surface area (Å²) in [6, 6.07) is 0. The van der Waals surface area contributed by atoms with Crippen molar-refractivity contribution in [2.45, 2.75) is 25.4 Å². The minimum atomic E-state index is -0.172. The number of aromatic amines is 1. The molecule has 1 aromatic rings. The van der Waals surface area contributed by atoms with E-state index in [2.05, 4.69) is 31.2 Å². The molecule has 1 saturated heterocycles. The summed E-state index contributed by atoms with van der Waals surface area (Å²) in [5.41, 5.74) is -0.172. The minimum absolute atomic E-state index is 0.172. The molecule has 0 spiro atoms. The van der Waals surface area contributed by atoms with E-state index < -0.39 is 0 Å². The Labute approximate surface area is 102 Å². The van der Waals surface area contributed by atoms with Gasteiger partial charge in [0, 0.05) is 13.2 Å². The van der Waals surface area contributed by atoms with E-state index in [1.54, 1.807) is 0 Å². The van der Waals surface area contributed by atoms with E-state index in [0.29, 0.717) is 16.4 Å². The number of ether oxygens (including phenoxy) is 1. The maximum Gasteiger partial charge on any atom is 0.267 e. The molecule has 2 heterocycles. The maximum absolute atomic E-state index is 11.3. The zero-order valence-electron chi connectivity index (χ0n) is 8.83. The second-order valence-electron chi connectivity index (χ2n) is 3.74. The molecule has 1 aliphatic rings. The largest absolute Gasteiger partial charge is 0.378 e. The van der Waals surface area contributed by atoms with Crippen LogP contribution in [-0.4, -0.2) is 29.2 Å². The Balaban J connectivity index is 1.84. The normalized spacial score (nSPS) is 19.9. The van der Waals surface area contributed by atoms with Crippen molar-refractivity contribution in [1.29, 1.82) is 0 Å². The lowest BCUT2D eigenvalue weighted by Crippen LogP contribution is -2.16. The molecular weight excluding hydrogens is 274 g/mol. The Morgan fingerprint density at radius 3 is 3.31 bits per heavy atom. The molecule has 0 bridgehead atoms. The summed E-state index contributed by atoms with van der Waals surface area (Å²) in [5, 5.41) is 3.12. The predicted molar refractivity (Wildman–Crippen MR) is 64.6 cm³/mol. The van der Waals surface area contributed by atoms with E-state index in [1.807, 2.05) is 0 Å². The second-order valence-corrected chi connectivity index (χ2v) is 4.54. The number of hydrogen-bond acceptors (Lipinski definition) is 4. The summed E-state index contributed by atoms with van der Waals surface area (Å²) >= 11 is 3.19. The molecule has 1 aliphatic heterocycles. The molecule has 0 saturated carbocycles. The van der Waals surface area contributed by atoms with Crippen molar-refractivity contribution in [2.24, 2.45) is 0 Å². The van der Waals surface area contributed by atoms with Gasteiger partial charge < -0.3 is 15.0 Å². The van der Waals surface area contributed by atoms with Crippen LogP contribution in [0.25, 0.3) is 0 Å². The molecule has 2 N–H and O–H groups in total. The van der Waals surface area contributed by atoms with Gasteiger partial charge in [0.2, 0.25) is 0 Å². The van der Waals surface area contributed by atoms with Gasteiger partial charge in [-0.15, -0.1) is 0 Å². The van der Waals surface area contributed by atoms with E-state index in [-0.39, 0.29) is 5.56 Å². The average Bonchev–Trinajstić information content (AvgIpc) is 2.77. The van der Waals surface area contributed by atoms with Gasteiger partial charge in [-0.2, -0.15) is 0 Å². The molecule has 1 unspecified atom stereocenters. The lowest BCUT2D eigenvalue weighted by molar-refractivity contribution is 0.107. The zero-order valence-corrected chi connectivity index (χ0v) is 10.4. The SMILES string of the molecule is O=c1[nH]cnc(NCCC2CCCO2)c1Br. The van der Waals surface area contributed by atoms with Crippen LogP contribution in [0.3, 0.4) is 0 Å². The van der Waals surface area contributed by atoms with E-state index >= 15 is 0 Å². The van der Waals surface area contributed by atoms with Crippen LogP contribution in [0.1, 0.15) is 19.3 Å². The fourth-order valence-corrected chi connectivity index (χ4v) is 2.09. The van der Waals surface area contributed by atoms with Crippen molar-refractivity contribution < 1.29 is 4.74 Å². The molecule has 0 aliphatic carbocycles. The van der Waals surface area contributed by atoms with Gasteiger partial charge in [-0.25, -0.2) is 4.98 Å². The molecule has 2 rings (SSSR count). The standard InChI is InChI=1S/C10H14BrN3O2/c11-8-9(13-6-14-10(8)15)12-4-3-7-2-1-5-16-7/h6-7H,1-5H2,(H2,12,13,14,15). The Hall–Kier alpha value is -0.880. The number of anilines is 1. The predicted octanol–water partition coefficient (Wildman–Crippen LogP) is 1.51. The van der Waals surface area contributed by atoms with E-state index in [9.17, 15) is 4.79 Å². The van der Waals surface area contributed by atoms with Gasteiger partial charge in [0.05, 0.1) is 12.4 Å². The van der Waals surface area contributed by atoms with Gasteiger partial charge in [0.1, 0.15) is 10.3 Å². The Morgan fingerprint density at radius 2 is 2.56 bits per heavy atom. The highest BCUT2D eigenvalue weighted by molar-refractivity contribution is 9.10. The molecule has 6 heteroatoms. The number of hydrogen-bond donors (Lipinski definition) is 2. The molecule has 88 valence electrons. The summed E-state index contributed by atoms with van der Waals surface area (Å²) in [6.07, 6.45) is 4.97. The fourth-order valence-electron chi connectivity index (χ4n) is 1.73. The summed E-state index contributed by atoms with van der Waals surface area (Å²) in [5.74, 6) is 0.585. The van der Waals surface area contributed by atoms with Crippen molar-refractivity contribution in [3.05, 3.63) is 21.2 Å². The second kappa shape index (κ2) is 5.45. The number of aromatic nitrogens is 2. The number of halogens is 1. The highest BCUT2D eigenvalue weighted by Gasteiger charge is 2.15. The number of rotatable bonds is 4. The third-order valence-corrected chi connectivity index (χ3v) is 3.31. The van der Waals surface area contributed by atoms with Crippen molar-refractivity contribution >= 4 is 21.7 Å². The van der Waals surface area contributed by atoms with Crippen LogP contribution in [0, 0.1) is 0 Å². The number of H-pyrrole nitrogens is 1. The van der Waals surface area contributed by atoms with Gasteiger partial charge in [-0.3, -0.25) is 4.79 Å². The molecule has 1 fully saturated rings. The molecule has 1 atom stereocenters. The first kappa shape index (κ1) is 11.6. The zero-order chi connectivity index (χ0) is 11.4. The lowest BCUT2D eigenvalue weighted by atomic mass is 10.2. The van der Waals surface area contributed by atoms with Crippen molar-refractivity contribution in [1.82, 2.24) is 9.97 Å². The fraction of sp³-hybridized carbons (Fsp3) is 0.600. The van der Waals surface area contributed by atoms with Crippen LogP contribution >= 0.6 is 15.9 Å². The molecule has 0 radical (unpaired) electrons. The molecular formula is C10H14BrN3O2. The van der Waals surface area contributed by atoms with Gasteiger partial charge in [-0.05, 0) is 35.2 Å². The van der Waals surface area contributed by atoms with Crippen LogP contribution in [0.2, 0.25) is 0 Å². The molecule has 0 amide bonds. The van der Waals surface area contributed by atoms with Gasteiger partial charge >= 0.3 is 0 Å². The molecule has 1 aromatic heterocycles. The monoisotopic (exact) mass is 287 g/mol. The Kier molecular flexibility index (Phi) is 3.95. The van der Waals surface area contributed by atoms with Crippen LogP contribution in [-0.2, 0) is 4.74 Å². The average molecular weight is 288 g/mol. The smallest absolute Gasteiger partial charge is 0.267 e. The van der Waals surface area contributed by atoms with E-state index in [4.69, 9.17) is 4.74 Å². The summed E-state index contributed by atoms with van der Waals surface area (Å²) in [6.45, 7) is 1.64. The van der Waals surface area contributed by atoms with Crippen molar-refractivity contribution in [3.63, 3.8) is 0 Å². The van der Waals surface area contributed by atoms with Crippen LogP contribution in [0.5, 0.6) is 0 Å². The van der Waals surface area contributed by atoms with Crippen LogP contribution in [0.15, 0.2) is 15.6 Å². The van der Waals surface area contributed by atoms with Gasteiger partial charge in [-0.1, -0.05) is 0 Å². The third-order valence-electron chi connectivity index (χ3n) is 2.58. The van der Waals surface area contributed by atoms with Crippen LogP contribution < -0.4 is 10.9 Å². The van der Waals surface area contributed by atoms with Gasteiger partial charge in [0.15, 0.2) is 0 Å². The summed E-state index contributed by atoms with van der Waals surface area (Å²) in [7, 11) is 0. The number of nitrogens with zero attached hydrogens (tertiary/aromatic N) is 1. The van der Waals surface area contributed by atoms with Gasteiger partial charge in [0.25, 0.3) is 5.56 Å². The third kappa shape index (κ3) is 2.82. The first-order valence-electron chi connectivity index (χ1n) is 5.36. The first-order chi connectivity index (χ1) is 7.77. The minimum Gasteiger partial charge on any atom is -0.378 e. The maximum atomic E-state index is 11.3. The highest BCUT2D eigenvalue weighted by atomic mass is 79.9. The Bertz CT molecular complexity index is 401. The molecule has 16 heavy (non-hydrogen) atoms. The topological polar surface area (TPSA) is 67.0 Å². The lowest BCUT2D eigenvalue weighted by Gasteiger charge is -2.10. The van der Waals surface area contributed by atoms with Crippen LogP contribution in [0.4, 0.5) is 5.82 Å². The van der Waals surface area contributed by atoms with Crippen molar-refractivity contribution in [2.75, 3.05) is 18.5 Å². The quantitative estimate of drug-likeness (QED) is 0.881. The first-order valence-corrected chi connectivity index (χ1v) is 6.15. The summed E-state index contributed by atoms with van der Waals surface area (Å²) in [4.78, 5) is 17.8. The molecule has 0 aromatic carbocycles. The van der Waals surface area contributed by atoms with Crippen molar-refractivity contribution in [3.8, 4) is 0 Å². The highest BCUT2D eigenvalue weighted by Crippen LogP contribution is 2.17. The number of nitrogens with one attached hydrogen (secondary N) is 2. The Morgan fingerprint density at radius 1 is 1.69 bits per heavy atom.